The molecule has 29 heavy (non-hydrogen) atoms. The van der Waals surface area contributed by atoms with E-state index in [-0.39, 0.29) is 22.7 Å². The number of nitrogens with zero attached hydrogens (tertiary/aromatic N) is 2. The van der Waals surface area contributed by atoms with Crippen molar-refractivity contribution in [3.05, 3.63) is 58.9 Å². The second-order valence-electron chi connectivity index (χ2n) is 6.68. The summed E-state index contributed by atoms with van der Waals surface area (Å²) < 4.78 is 31.7. The van der Waals surface area contributed by atoms with Gasteiger partial charge in [-0.1, -0.05) is 12.1 Å². The molecule has 2 aromatic carbocycles. The SMILES string of the molecule is COCCN(C)S(=O)(=O)c1ccc2[nH]c(-c3nc4ccccc4[nH]c3=O)cc2c1. The second kappa shape index (κ2) is 7.43. The highest BCUT2D eigenvalue weighted by atomic mass is 32.2. The number of sulfonamides is 1. The minimum absolute atomic E-state index is 0.175. The molecule has 0 aliphatic rings. The number of aromatic nitrogens is 3. The first-order valence-corrected chi connectivity index (χ1v) is 10.4. The summed E-state index contributed by atoms with van der Waals surface area (Å²) in [6.45, 7) is 0.564. The van der Waals surface area contributed by atoms with Gasteiger partial charge >= 0.3 is 0 Å². The smallest absolute Gasteiger partial charge is 0.276 e. The first-order valence-electron chi connectivity index (χ1n) is 8.97. The fraction of sp³-hybridized carbons (Fsp3) is 0.200. The predicted molar refractivity (Wildman–Crippen MR) is 111 cm³/mol. The Morgan fingerprint density at radius 1 is 1.07 bits per heavy atom. The number of aromatic amines is 2. The van der Waals surface area contributed by atoms with E-state index in [1.807, 2.05) is 18.2 Å². The van der Waals surface area contributed by atoms with Gasteiger partial charge in [0.1, 0.15) is 0 Å². The number of fused-ring (bicyclic) bond motifs is 2. The minimum Gasteiger partial charge on any atom is -0.383 e. The van der Waals surface area contributed by atoms with Gasteiger partial charge in [-0.3, -0.25) is 4.79 Å². The van der Waals surface area contributed by atoms with Crippen LogP contribution in [-0.2, 0) is 14.8 Å². The predicted octanol–water partition coefficient (Wildman–Crippen LogP) is 2.34. The molecule has 4 aromatic rings. The van der Waals surface area contributed by atoms with E-state index in [1.165, 1.54) is 18.5 Å². The van der Waals surface area contributed by atoms with E-state index < -0.39 is 10.0 Å². The van der Waals surface area contributed by atoms with Gasteiger partial charge < -0.3 is 14.7 Å². The molecule has 2 N–H and O–H groups in total. The van der Waals surface area contributed by atoms with E-state index >= 15 is 0 Å². The fourth-order valence-electron chi connectivity index (χ4n) is 3.13. The van der Waals surface area contributed by atoms with Crippen LogP contribution in [0.4, 0.5) is 0 Å². The molecule has 0 bridgehead atoms. The highest BCUT2D eigenvalue weighted by molar-refractivity contribution is 7.89. The maximum Gasteiger partial charge on any atom is 0.276 e. The lowest BCUT2D eigenvalue weighted by atomic mass is 10.2. The van der Waals surface area contributed by atoms with Crippen molar-refractivity contribution in [2.75, 3.05) is 27.3 Å². The molecule has 2 aromatic heterocycles. The molecule has 0 saturated heterocycles. The molecule has 0 spiro atoms. The topological polar surface area (TPSA) is 108 Å². The molecule has 8 nitrogen and oxygen atoms in total. The van der Waals surface area contributed by atoms with Crippen LogP contribution in [0.1, 0.15) is 0 Å². The number of para-hydroxylation sites is 2. The summed E-state index contributed by atoms with van der Waals surface area (Å²) in [5.74, 6) is 0. The number of rotatable bonds is 6. The number of nitrogens with one attached hydrogen (secondary N) is 2. The number of ether oxygens (including phenoxy) is 1. The molecule has 0 aliphatic heterocycles. The Morgan fingerprint density at radius 3 is 2.66 bits per heavy atom. The Hall–Kier alpha value is -3.01. The van der Waals surface area contributed by atoms with Gasteiger partial charge in [-0.15, -0.1) is 0 Å². The van der Waals surface area contributed by atoms with E-state index in [1.54, 1.807) is 30.3 Å². The Labute approximate surface area is 167 Å². The zero-order chi connectivity index (χ0) is 20.6. The van der Waals surface area contributed by atoms with Gasteiger partial charge in [0.15, 0.2) is 5.69 Å². The van der Waals surface area contributed by atoms with Crippen molar-refractivity contribution in [2.24, 2.45) is 0 Å². The van der Waals surface area contributed by atoms with Crippen LogP contribution >= 0.6 is 0 Å². The first-order chi connectivity index (χ1) is 13.9. The van der Waals surface area contributed by atoms with Gasteiger partial charge in [-0.2, -0.15) is 4.31 Å². The number of methoxy groups -OCH3 is 1. The lowest BCUT2D eigenvalue weighted by Crippen LogP contribution is -2.30. The van der Waals surface area contributed by atoms with Gasteiger partial charge in [0, 0.05) is 31.6 Å². The van der Waals surface area contributed by atoms with Gasteiger partial charge in [0.25, 0.3) is 5.56 Å². The van der Waals surface area contributed by atoms with Crippen molar-refractivity contribution < 1.29 is 13.2 Å². The summed E-state index contributed by atoms with van der Waals surface area (Å²) in [4.78, 5) is 23.1. The van der Waals surface area contributed by atoms with Crippen LogP contribution in [0.15, 0.2) is 58.2 Å². The Kier molecular flexibility index (Phi) is 4.95. The van der Waals surface area contributed by atoms with Crippen LogP contribution < -0.4 is 5.56 Å². The van der Waals surface area contributed by atoms with Crippen molar-refractivity contribution in [3.8, 4) is 11.4 Å². The largest absolute Gasteiger partial charge is 0.383 e. The van der Waals surface area contributed by atoms with Crippen LogP contribution in [0.3, 0.4) is 0 Å². The quantitative estimate of drug-likeness (QED) is 0.505. The second-order valence-corrected chi connectivity index (χ2v) is 8.73. The highest BCUT2D eigenvalue weighted by Gasteiger charge is 2.21. The van der Waals surface area contributed by atoms with Crippen LogP contribution in [0, 0.1) is 0 Å². The van der Waals surface area contributed by atoms with Crippen molar-refractivity contribution in [2.45, 2.75) is 4.90 Å². The number of benzene rings is 2. The minimum atomic E-state index is -3.64. The molecule has 150 valence electrons. The van der Waals surface area contributed by atoms with Gasteiger partial charge in [-0.05, 0) is 36.4 Å². The lowest BCUT2D eigenvalue weighted by Gasteiger charge is -2.16. The third-order valence-corrected chi connectivity index (χ3v) is 6.62. The summed E-state index contributed by atoms with van der Waals surface area (Å²) in [5.41, 5.74) is 2.50. The molecule has 4 rings (SSSR count). The van der Waals surface area contributed by atoms with Crippen LogP contribution in [0.5, 0.6) is 0 Å². The van der Waals surface area contributed by atoms with Gasteiger partial charge in [-0.25, -0.2) is 13.4 Å². The molecular formula is C20H20N4O4S. The maximum atomic E-state index is 12.8. The zero-order valence-corrected chi connectivity index (χ0v) is 16.8. The molecule has 2 heterocycles. The number of hydrogen-bond acceptors (Lipinski definition) is 5. The van der Waals surface area contributed by atoms with E-state index in [2.05, 4.69) is 15.0 Å². The molecule has 0 aliphatic carbocycles. The highest BCUT2D eigenvalue weighted by Crippen LogP contribution is 2.25. The Balaban J connectivity index is 1.76. The summed E-state index contributed by atoms with van der Waals surface area (Å²) in [5, 5.41) is 0.676. The summed E-state index contributed by atoms with van der Waals surface area (Å²) in [7, 11) is -0.601. The summed E-state index contributed by atoms with van der Waals surface area (Å²) >= 11 is 0. The molecule has 0 unspecified atom stereocenters. The standard InChI is InChI=1S/C20H20N4O4S/c1-24(9-10-28-2)29(26,27)14-7-8-15-13(11-14)12-18(21-15)19-20(25)23-17-6-4-3-5-16(17)22-19/h3-8,11-12,21H,9-10H2,1-2H3,(H,23,25). The van der Waals surface area contributed by atoms with Gasteiger partial charge in [0.05, 0.1) is 28.2 Å². The molecule has 0 atom stereocenters. The monoisotopic (exact) mass is 412 g/mol. The lowest BCUT2D eigenvalue weighted by molar-refractivity contribution is 0.185. The number of hydrogen-bond donors (Lipinski definition) is 2. The molecule has 0 amide bonds. The molecule has 9 heteroatoms. The zero-order valence-electron chi connectivity index (χ0n) is 16.0. The number of likely N-dealkylation sites (N-methyl/N-ethyl adjacent to an activating group) is 1. The van der Waals surface area contributed by atoms with E-state index in [9.17, 15) is 13.2 Å². The molecular weight excluding hydrogens is 392 g/mol. The third kappa shape index (κ3) is 3.55. The molecule has 0 fully saturated rings. The van der Waals surface area contributed by atoms with Crippen molar-refractivity contribution in [3.63, 3.8) is 0 Å². The Morgan fingerprint density at radius 2 is 1.86 bits per heavy atom. The van der Waals surface area contributed by atoms with Crippen LogP contribution in [0.25, 0.3) is 33.3 Å². The van der Waals surface area contributed by atoms with Crippen LogP contribution in [-0.4, -0.2) is 55.0 Å². The molecule has 0 saturated carbocycles. The summed E-state index contributed by atoms with van der Waals surface area (Å²) in [6.07, 6.45) is 0. The van der Waals surface area contributed by atoms with Crippen molar-refractivity contribution >= 4 is 32.0 Å². The number of H-pyrrole nitrogens is 2. The van der Waals surface area contributed by atoms with Gasteiger partial charge in [0.2, 0.25) is 10.0 Å². The van der Waals surface area contributed by atoms with Crippen LogP contribution in [0.2, 0.25) is 0 Å². The first kappa shape index (κ1) is 19.3. The third-order valence-electron chi connectivity index (χ3n) is 4.77. The van der Waals surface area contributed by atoms with E-state index in [4.69, 9.17) is 4.74 Å². The van der Waals surface area contributed by atoms with E-state index in [0.717, 1.165) is 0 Å². The maximum absolute atomic E-state index is 12.8. The average molecular weight is 412 g/mol. The van der Waals surface area contributed by atoms with E-state index in [0.29, 0.717) is 34.2 Å². The average Bonchev–Trinajstić information content (AvgIpc) is 3.14. The Bertz CT molecular complexity index is 1360. The normalized spacial score (nSPS) is 12.2. The summed E-state index contributed by atoms with van der Waals surface area (Å²) in [6, 6.07) is 13.8. The van der Waals surface area contributed by atoms with Crippen molar-refractivity contribution in [1.29, 1.82) is 0 Å². The van der Waals surface area contributed by atoms with Crippen molar-refractivity contribution in [1.82, 2.24) is 19.3 Å². The molecule has 0 radical (unpaired) electrons. The fourth-order valence-corrected chi connectivity index (χ4v) is 4.32.